The highest BCUT2D eigenvalue weighted by Gasteiger charge is 2.33. The van der Waals surface area contributed by atoms with E-state index in [1.54, 1.807) is 26.1 Å². The summed E-state index contributed by atoms with van der Waals surface area (Å²) in [7, 11) is -3.36. The molecule has 7 heteroatoms. The van der Waals surface area contributed by atoms with Crippen molar-refractivity contribution in [3.63, 3.8) is 0 Å². The number of aromatic amines is 1. The number of benzene rings is 2. The zero-order valence-corrected chi connectivity index (χ0v) is 22.0. The molecule has 2 aromatic heterocycles. The molecule has 1 saturated carbocycles. The first-order valence-electron chi connectivity index (χ1n) is 12.3. The molecule has 0 radical (unpaired) electrons. The van der Waals surface area contributed by atoms with Gasteiger partial charge in [-0.15, -0.1) is 0 Å². The molecule has 1 fully saturated rings. The Hall–Kier alpha value is -3.84. The van der Waals surface area contributed by atoms with E-state index in [1.165, 1.54) is 6.26 Å². The number of amides is 1. The number of carbonyl (C=O) groups is 1. The van der Waals surface area contributed by atoms with Gasteiger partial charge in [-0.3, -0.25) is 9.78 Å². The summed E-state index contributed by atoms with van der Waals surface area (Å²) < 4.78 is 24.2. The lowest BCUT2D eigenvalue weighted by Gasteiger charge is -2.24. The lowest BCUT2D eigenvalue weighted by Crippen LogP contribution is -2.28. The number of nitrogens with zero attached hydrogens (tertiary/aromatic N) is 1. The maximum atomic E-state index is 12.6. The number of fused-ring (bicyclic) bond motifs is 1. The Morgan fingerprint density at radius 3 is 2.57 bits per heavy atom. The van der Waals surface area contributed by atoms with Crippen LogP contribution in [-0.4, -0.2) is 31.6 Å². The molecule has 0 atom stereocenters. The summed E-state index contributed by atoms with van der Waals surface area (Å²) in [6.07, 6.45) is 12.3. The molecule has 0 spiro atoms. The van der Waals surface area contributed by atoms with E-state index in [1.807, 2.05) is 67.0 Å². The normalized spacial score (nSPS) is 14.2. The quantitative estimate of drug-likeness (QED) is 0.355. The monoisotopic (exact) mass is 512 g/mol. The smallest absolute Gasteiger partial charge is 0.244 e. The van der Waals surface area contributed by atoms with Gasteiger partial charge in [-0.1, -0.05) is 24.3 Å². The summed E-state index contributed by atoms with van der Waals surface area (Å²) in [5.74, 6) is -0.0699. The molecule has 6 nitrogen and oxygen atoms in total. The highest BCUT2D eigenvalue weighted by Crippen LogP contribution is 2.36. The van der Waals surface area contributed by atoms with E-state index in [-0.39, 0.29) is 5.91 Å². The molecule has 188 valence electrons. The van der Waals surface area contributed by atoms with E-state index in [4.69, 9.17) is 0 Å². The van der Waals surface area contributed by atoms with E-state index < -0.39 is 14.6 Å². The maximum Gasteiger partial charge on any atom is 0.244 e. The van der Waals surface area contributed by atoms with Crippen LogP contribution in [0.3, 0.4) is 0 Å². The molecular formula is C30H30N3O3S+. The van der Waals surface area contributed by atoms with Crippen molar-refractivity contribution < 1.29 is 18.2 Å². The third kappa shape index (κ3) is 5.32. The first kappa shape index (κ1) is 24.8. The zero-order valence-electron chi connectivity index (χ0n) is 21.2. The van der Waals surface area contributed by atoms with Gasteiger partial charge in [0.15, 0.2) is 22.2 Å². The van der Waals surface area contributed by atoms with Crippen LogP contribution >= 0.6 is 0 Å². The molecule has 4 aromatic rings. The van der Waals surface area contributed by atoms with Gasteiger partial charge in [-0.05, 0) is 79.8 Å². The van der Waals surface area contributed by atoms with Crippen molar-refractivity contribution in [1.29, 1.82) is 0 Å². The van der Waals surface area contributed by atoms with Crippen LogP contribution in [0.25, 0.3) is 39.2 Å². The third-order valence-electron chi connectivity index (χ3n) is 7.00. The van der Waals surface area contributed by atoms with Gasteiger partial charge in [-0.25, -0.2) is 13.4 Å². The first-order chi connectivity index (χ1) is 17.6. The van der Waals surface area contributed by atoms with E-state index in [9.17, 15) is 13.2 Å². The maximum absolute atomic E-state index is 12.6. The summed E-state index contributed by atoms with van der Waals surface area (Å²) >= 11 is 0. The van der Waals surface area contributed by atoms with Crippen molar-refractivity contribution in [2.24, 2.45) is 0 Å². The van der Waals surface area contributed by atoms with Crippen molar-refractivity contribution in [2.75, 3.05) is 6.26 Å². The minimum absolute atomic E-state index is 0.0699. The number of hydrogen-bond donors (Lipinski definition) is 1. The molecule has 1 aliphatic carbocycles. The molecule has 1 aliphatic rings. The summed E-state index contributed by atoms with van der Waals surface area (Å²) in [6, 6.07) is 18.0. The number of hydrogen-bond acceptors (Lipinski definition) is 4. The van der Waals surface area contributed by atoms with Crippen LogP contribution in [0, 0.1) is 0 Å². The highest BCUT2D eigenvalue weighted by molar-refractivity contribution is 7.91. The zero-order chi connectivity index (χ0) is 26.2. The molecule has 0 aliphatic heterocycles. The summed E-state index contributed by atoms with van der Waals surface area (Å²) in [4.78, 5) is 19.9. The van der Waals surface area contributed by atoms with Gasteiger partial charge in [0.25, 0.3) is 0 Å². The van der Waals surface area contributed by atoms with Crippen molar-refractivity contribution in [1.82, 2.24) is 10.3 Å². The first-order valence-corrected chi connectivity index (χ1v) is 14.2. The van der Waals surface area contributed by atoms with Gasteiger partial charge >= 0.3 is 0 Å². The number of rotatable bonds is 7. The molecule has 5 rings (SSSR count). The van der Waals surface area contributed by atoms with Crippen LogP contribution in [0.2, 0.25) is 0 Å². The van der Waals surface area contributed by atoms with E-state index in [2.05, 4.69) is 21.4 Å². The topological polar surface area (TPSA) is 90.3 Å². The van der Waals surface area contributed by atoms with Crippen LogP contribution in [-0.2, 0) is 19.4 Å². The Balaban J connectivity index is 1.54. The lowest BCUT2D eigenvalue weighted by molar-refractivity contribution is -0.376. The van der Waals surface area contributed by atoms with Gasteiger partial charge in [0, 0.05) is 46.6 Å². The predicted octanol–water partition coefficient (Wildman–Crippen LogP) is 4.95. The molecule has 2 N–H and O–H groups in total. The van der Waals surface area contributed by atoms with Gasteiger partial charge in [0.1, 0.15) is 0 Å². The van der Waals surface area contributed by atoms with E-state index in [0.717, 1.165) is 51.6 Å². The minimum atomic E-state index is -3.36. The van der Waals surface area contributed by atoms with Crippen molar-refractivity contribution >= 4 is 32.7 Å². The molecule has 37 heavy (non-hydrogen) atoms. The van der Waals surface area contributed by atoms with Crippen molar-refractivity contribution in [3.8, 4) is 22.3 Å². The standard InChI is InChI=1S/C30H29N3O3S/c1-30(2,37(3,35)36)25-16-22-8-5-13-32-29(22)27(17-25)24-15-23(18-31-19-24)21-7-4-6-20(14-21)9-12-28(34)33-26-10-11-26/h4-9,12-19,26H,10-11H2,1-3H3,(H,33,34)/p+1/b12-9+. The molecule has 0 unspecified atom stereocenters. The molecule has 0 saturated heterocycles. The lowest BCUT2D eigenvalue weighted by atomic mass is 9.93. The second kappa shape index (κ2) is 9.56. The summed E-state index contributed by atoms with van der Waals surface area (Å²) in [5.41, 5.74) is 6.16. The number of sulfone groups is 1. The highest BCUT2D eigenvalue weighted by atomic mass is 32.2. The average Bonchev–Trinajstić information content (AvgIpc) is 3.70. The van der Waals surface area contributed by atoms with Gasteiger partial charge in [0.05, 0.1) is 10.3 Å². The van der Waals surface area contributed by atoms with Gasteiger partial charge in [0.2, 0.25) is 5.91 Å². The minimum Gasteiger partial charge on any atom is -0.350 e. The number of aromatic nitrogens is 2. The Bertz CT molecular complexity index is 1640. The number of carbonyl (C=O) groups excluding carboxylic acids is 1. The Morgan fingerprint density at radius 1 is 1.03 bits per heavy atom. The second-order valence-electron chi connectivity index (χ2n) is 10.1. The molecular weight excluding hydrogens is 482 g/mol. The fourth-order valence-electron chi connectivity index (χ4n) is 4.24. The molecule has 2 aromatic carbocycles. The molecule has 1 amide bonds. The van der Waals surface area contributed by atoms with Gasteiger partial charge < -0.3 is 5.32 Å². The Morgan fingerprint density at radius 2 is 1.81 bits per heavy atom. The number of pyridine rings is 2. The largest absolute Gasteiger partial charge is 0.350 e. The van der Waals surface area contributed by atoms with Crippen molar-refractivity contribution in [2.45, 2.75) is 37.5 Å². The van der Waals surface area contributed by atoms with Crippen LogP contribution in [0.1, 0.15) is 37.8 Å². The number of nitrogens with one attached hydrogen (secondary N) is 2. The van der Waals surface area contributed by atoms with E-state index >= 15 is 0 Å². The van der Waals surface area contributed by atoms with Crippen LogP contribution in [0.15, 0.2) is 79.3 Å². The second-order valence-corrected chi connectivity index (χ2v) is 12.7. The fraction of sp³-hybridized carbons (Fsp3) is 0.233. The summed E-state index contributed by atoms with van der Waals surface area (Å²) in [5, 5.41) is 3.84. The Kier molecular flexibility index (Phi) is 6.42. The van der Waals surface area contributed by atoms with Crippen molar-refractivity contribution in [3.05, 3.63) is 90.4 Å². The van der Waals surface area contributed by atoms with Crippen LogP contribution in [0.4, 0.5) is 0 Å². The average molecular weight is 513 g/mol. The molecule has 0 bridgehead atoms. The fourth-order valence-corrected chi connectivity index (χ4v) is 4.79. The Labute approximate surface area is 217 Å². The van der Waals surface area contributed by atoms with E-state index in [0.29, 0.717) is 11.6 Å². The predicted molar refractivity (Wildman–Crippen MR) is 147 cm³/mol. The van der Waals surface area contributed by atoms with Crippen LogP contribution < -0.4 is 10.3 Å². The SMILES string of the molecule is CC(C)(c1cc(-c2c[nH+]cc(-c3cccc(/C=C/C(=O)NC4CC4)c3)c2)c2ncccc2c1)S(C)(=O)=O. The molecule has 2 heterocycles. The number of H-pyrrole nitrogens is 1. The van der Waals surface area contributed by atoms with Crippen LogP contribution in [0.5, 0.6) is 0 Å². The van der Waals surface area contributed by atoms with Gasteiger partial charge in [-0.2, -0.15) is 0 Å². The summed E-state index contributed by atoms with van der Waals surface area (Å²) in [6.45, 7) is 3.46. The third-order valence-corrected chi connectivity index (χ3v) is 9.09.